The number of ether oxygens (including phenoxy) is 1. The molecule has 1 aliphatic rings. The first-order valence-corrected chi connectivity index (χ1v) is 9.34. The fourth-order valence-corrected chi connectivity index (χ4v) is 3.82. The largest absolute Gasteiger partial charge is 0.474 e. The van der Waals surface area contributed by atoms with Crippen LogP contribution in [0.25, 0.3) is 11.1 Å². The number of nitrogens with zero attached hydrogens (tertiary/aromatic N) is 2. The van der Waals surface area contributed by atoms with E-state index in [1.54, 1.807) is 0 Å². The van der Waals surface area contributed by atoms with Crippen LogP contribution in [0.5, 0.6) is 0 Å². The molecule has 0 aliphatic heterocycles. The number of benzene rings is 2. The van der Waals surface area contributed by atoms with Crippen LogP contribution in [-0.2, 0) is 14.3 Å². The standard InChI is InChI=1S/C19H14N4O5S/c24-15(16(25)26)20-17-22-23-18(29-17)21-19(27)28-9-14-12-7-3-1-5-10(12)11-6-2-4-8-13(11)14/h1-8,14H,9H2,(H,25,26)(H,20,22,24)(H,21,23,27). The van der Waals surface area contributed by atoms with Crippen LogP contribution in [0, 0.1) is 0 Å². The molecule has 1 aromatic heterocycles. The highest BCUT2D eigenvalue weighted by atomic mass is 32.1. The van der Waals surface area contributed by atoms with E-state index in [-0.39, 0.29) is 22.8 Å². The van der Waals surface area contributed by atoms with Gasteiger partial charge in [-0.3, -0.25) is 15.4 Å². The van der Waals surface area contributed by atoms with E-state index >= 15 is 0 Å². The smallest absolute Gasteiger partial charge is 0.413 e. The van der Waals surface area contributed by atoms with Gasteiger partial charge in [-0.05, 0) is 22.3 Å². The molecule has 0 saturated heterocycles. The summed E-state index contributed by atoms with van der Waals surface area (Å²) >= 11 is 0.813. The molecular formula is C19H14N4O5S. The first-order chi connectivity index (χ1) is 14.0. The number of nitrogens with one attached hydrogen (secondary N) is 2. The SMILES string of the molecule is O=C(Nc1nnc(NC(=O)C(=O)O)s1)OCC1c2ccccc2-c2ccccc21. The van der Waals surface area contributed by atoms with Gasteiger partial charge in [0.15, 0.2) is 0 Å². The highest BCUT2D eigenvalue weighted by Crippen LogP contribution is 2.44. The molecular weight excluding hydrogens is 396 g/mol. The quantitative estimate of drug-likeness (QED) is 0.564. The molecule has 0 unspecified atom stereocenters. The normalized spacial score (nSPS) is 12.0. The summed E-state index contributed by atoms with van der Waals surface area (Å²) in [7, 11) is 0. The minimum atomic E-state index is -1.65. The second-order valence-corrected chi connectivity index (χ2v) is 7.10. The Morgan fingerprint density at radius 1 is 0.931 bits per heavy atom. The summed E-state index contributed by atoms with van der Waals surface area (Å²) in [6.07, 6.45) is -0.723. The zero-order chi connectivity index (χ0) is 20.4. The van der Waals surface area contributed by atoms with Crippen molar-refractivity contribution >= 4 is 39.6 Å². The number of anilines is 2. The highest BCUT2D eigenvalue weighted by molar-refractivity contribution is 7.19. The van der Waals surface area contributed by atoms with Crippen molar-refractivity contribution in [2.24, 2.45) is 0 Å². The summed E-state index contributed by atoms with van der Waals surface area (Å²) in [4.78, 5) is 33.8. The second-order valence-electron chi connectivity index (χ2n) is 6.12. The lowest BCUT2D eigenvalue weighted by molar-refractivity contribution is -0.147. The Morgan fingerprint density at radius 2 is 1.48 bits per heavy atom. The second kappa shape index (κ2) is 7.68. The first-order valence-electron chi connectivity index (χ1n) is 8.52. The molecule has 9 nitrogen and oxygen atoms in total. The van der Waals surface area contributed by atoms with Crippen molar-refractivity contribution in [3.05, 3.63) is 59.7 Å². The molecule has 29 heavy (non-hydrogen) atoms. The van der Waals surface area contributed by atoms with Crippen LogP contribution in [-0.4, -0.2) is 39.9 Å². The molecule has 3 N–H and O–H groups in total. The van der Waals surface area contributed by atoms with Gasteiger partial charge in [-0.2, -0.15) is 0 Å². The van der Waals surface area contributed by atoms with Crippen LogP contribution >= 0.6 is 11.3 Å². The van der Waals surface area contributed by atoms with Gasteiger partial charge in [0.25, 0.3) is 0 Å². The number of fused-ring (bicyclic) bond motifs is 3. The average Bonchev–Trinajstić information content (AvgIpc) is 3.28. The van der Waals surface area contributed by atoms with Crippen molar-refractivity contribution in [1.82, 2.24) is 10.2 Å². The Hall–Kier alpha value is -3.79. The fraction of sp³-hybridized carbons (Fsp3) is 0.105. The van der Waals surface area contributed by atoms with Crippen LogP contribution in [0.2, 0.25) is 0 Å². The Balaban J connectivity index is 1.40. The zero-order valence-electron chi connectivity index (χ0n) is 14.8. The van der Waals surface area contributed by atoms with Crippen molar-refractivity contribution < 1.29 is 24.2 Å². The van der Waals surface area contributed by atoms with Crippen molar-refractivity contribution in [3.8, 4) is 11.1 Å². The Morgan fingerprint density at radius 3 is 2.07 bits per heavy atom. The van der Waals surface area contributed by atoms with E-state index in [0.29, 0.717) is 0 Å². The maximum atomic E-state index is 12.2. The zero-order valence-corrected chi connectivity index (χ0v) is 15.6. The number of carboxylic acid groups (broad SMARTS) is 1. The van der Waals surface area contributed by atoms with Gasteiger partial charge < -0.3 is 9.84 Å². The maximum absolute atomic E-state index is 12.2. The number of hydrogen-bond acceptors (Lipinski definition) is 7. The van der Waals surface area contributed by atoms with Crippen molar-refractivity contribution in [2.75, 3.05) is 17.2 Å². The van der Waals surface area contributed by atoms with Crippen LogP contribution in [0.4, 0.5) is 15.1 Å². The van der Waals surface area contributed by atoms with Crippen molar-refractivity contribution in [3.63, 3.8) is 0 Å². The lowest BCUT2D eigenvalue weighted by Crippen LogP contribution is -2.21. The molecule has 0 atom stereocenters. The molecule has 10 heteroatoms. The number of carbonyl (C=O) groups is 3. The Labute approximate surface area is 168 Å². The lowest BCUT2D eigenvalue weighted by atomic mass is 9.98. The maximum Gasteiger partial charge on any atom is 0.413 e. The molecule has 0 fully saturated rings. The molecule has 2 aromatic carbocycles. The van der Waals surface area contributed by atoms with E-state index in [1.807, 2.05) is 53.8 Å². The van der Waals surface area contributed by atoms with Gasteiger partial charge in [-0.25, -0.2) is 9.59 Å². The minimum absolute atomic E-state index is 0.0497. The van der Waals surface area contributed by atoms with Gasteiger partial charge in [-0.1, -0.05) is 59.9 Å². The van der Waals surface area contributed by atoms with Gasteiger partial charge in [-0.15, -0.1) is 10.2 Å². The number of rotatable bonds is 4. The molecule has 1 heterocycles. The third-order valence-corrected chi connectivity index (χ3v) is 5.15. The first kappa shape index (κ1) is 18.6. The van der Waals surface area contributed by atoms with Crippen LogP contribution < -0.4 is 10.6 Å². The summed E-state index contributed by atoms with van der Waals surface area (Å²) in [5.41, 5.74) is 4.44. The van der Waals surface area contributed by atoms with E-state index in [0.717, 1.165) is 33.6 Å². The lowest BCUT2D eigenvalue weighted by Gasteiger charge is -2.13. The number of hydrogen-bond donors (Lipinski definition) is 3. The molecule has 0 saturated carbocycles. The van der Waals surface area contributed by atoms with Crippen LogP contribution in [0.1, 0.15) is 17.0 Å². The minimum Gasteiger partial charge on any atom is -0.474 e. The van der Waals surface area contributed by atoms with E-state index in [4.69, 9.17) is 9.84 Å². The van der Waals surface area contributed by atoms with E-state index in [9.17, 15) is 14.4 Å². The average molecular weight is 410 g/mol. The molecule has 0 bridgehead atoms. The van der Waals surface area contributed by atoms with Crippen LogP contribution in [0.3, 0.4) is 0 Å². The molecule has 0 spiro atoms. The topological polar surface area (TPSA) is 131 Å². The Kier molecular flexibility index (Phi) is 4.92. The molecule has 146 valence electrons. The third kappa shape index (κ3) is 3.78. The number of amides is 2. The Bertz CT molecular complexity index is 1070. The summed E-state index contributed by atoms with van der Waals surface area (Å²) in [5, 5.41) is 20.3. The third-order valence-electron chi connectivity index (χ3n) is 4.39. The summed E-state index contributed by atoms with van der Waals surface area (Å²) < 4.78 is 5.38. The van der Waals surface area contributed by atoms with Gasteiger partial charge in [0.05, 0.1) is 0 Å². The van der Waals surface area contributed by atoms with Gasteiger partial charge >= 0.3 is 18.0 Å². The molecule has 2 amide bonds. The van der Waals surface area contributed by atoms with E-state index < -0.39 is 18.0 Å². The van der Waals surface area contributed by atoms with E-state index in [1.165, 1.54) is 0 Å². The fourth-order valence-electron chi connectivity index (χ4n) is 3.20. The van der Waals surface area contributed by atoms with Gasteiger partial charge in [0.1, 0.15) is 6.61 Å². The highest BCUT2D eigenvalue weighted by Gasteiger charge is 2.29. The van der Waals surface area contributed by atoms with Crippen LogP contribution in [0.15, 0.2) is 48.5 Å². The monoisotopic (exact) mass is 410 g/mol. The van der Waals surface area contributed by atoms with Crippen molar-refractivity contribution in [1.29, 1.82) is 0 Å². The predicted octanol–water partition coefficient (Wildman–Crippen LogP) is 2.92. The molecule has 0 radical (unpaired) electrons. The molecule has 1 aliphatic carbocycles. The summed E-state index contributed by atoms with van der Waals surface area (Å²) in [6.45, 7) is 0.140. The summed E-state index contributed by atoms with van der Waals surface area (Å²) in [6, 6.07) is 16.0. The number of carboxylic acids is 1. The predicted molar refractivity (Wildman–Crippen MR) is 105 cm³/mol. The van der Waals surface area contributed by atoms with Crippen molar-refractivity contribution in [2.45, 2.75) is 5.92 Å². The number of aliphatic carboxylic acids is 1. The van der Waals surface area contributed by atoms with Gasteiger partial charge in [0.2, 0.25) is 10.3 Å². The van der Waals surface area contributed by atoms with E-state index in [2.05, 4.69) is 15.5 Å². The summed E-state index contributed by atoms with van der Waals surface area (Å²) in [5.74, 6) is -2.96. The number of carbonyl (C=O) groups excluding carboxylic acids is 2. The molecule has 4 rings (SSSR count). The number of aromatic nitrogens is 2. The van der Waals surface area contributed by atoms with Gasteiger partial charge in [0, 0.05) is 5.92 Å². The molecule has 3 aromatic rings.